The number of fused-ring (bicyclic) bond motifs is 1. The number of ether oxygens (including phenoxy) is 6. The predicted octanol–water partition coefficient (Wildman–Crippen LogP) is 3.98. The molecule has 29 heavy (non-hydrogen) atoms. The first-order chi connectivity index (χ1) is 14.0. The fraction of sp³-hybridized carbons (Fsp3) is 0.409. The molecule has 0 N–H and O–H groups in total. The van der Waals surface area contributed by atoms with Crippen LogP contribution in [0.25, 0.3) is 11.1 Å². The van der Waals surface area contributed by atoms with E-state index in [0.717, 1.165) is 16.7 Å². The van der Waals surface area contributed by atoms with Crippen LogP contribution in [0.1, 0.15) is 25.5 Å². The molecule has 0 amide bonds. The Kier molecular flexibility index (Phi) is 4.90. The van der Waals surface area contributed by atoms with Crippen LogP contribution in [0.2, 0.25) is 0 Å². The first-order valence-corrected chi connectivity index (χ1v) is 9.43. The van der Waals surface area contributed by atoms with Crippen LogP contribution in [0.5, 0.6) is 28.7 Å². The van der Waals surface area contributed by atoms with Gasteiger partial charge in [-0.1, -0.05) is 19.9 Å². The molecule has 2 aromatic carbocycles. The third-order valence-electron chi connectivity index (χ3n) is 5.71. The predicted molar refractivity (Wildman–Crippen MR) is 105 cm³/mol. The van der Waals surface area contributed by atoms with Crippen LogP contribution >= 0.6 is 0 Å². The van der Waals surface area contributed by atoms with Crippen molar-refractivity contribution >= 4 is 5.97 Å². The first-order valence-electron chi connectivity index (χ1n) is 9.43. The van der Waals surface area contributed by atoms with E-state index >= 15 is 0 Å². The van der Waals surface area contributed by atoms with Gasteiger partial charge in [-0.05, 0) is 23.8 Å². The van der Waals surface area contributed by atoms with Gasteiger partial charge in [0.25, 0.3) is 0 Å². The van der Waals surface area contributed by atoms with Crippen molar-refractivity contribution in [2.45, 2.75) is 20.0 Å². The lowest BCUT2D eigenvalue weighted by Gasteiger charge is -2.24. The van der Waals surface area contributed by atoms with E-state index in [9.17, 15) is 4.79 Å². The third kappa shape index (κ3) is 3.01. The summed E-state index contributed by atoms with van der Waals surface area (Å²) in [5, 5.41) is 0. The van der Waals surface area contributed by atoms with Gasteiger partial charge >= 0.3 is 5.97 Å². The summed E-state index contributed by atoms with van der Waals surface area (Å²) in [6.45, 7) is 4.07. The lowest BCUT2D eigenvalue weighted by atomic mass is 9.85. The van der Waals surface area contributed by atoms with E-state index in [4.69, 9.17) is 28.4 Å². The Morgan fingerprint density at radius 2 is 1.66 bits per heavy atom. The minimum absolute atomic E-state index is 0.0157. The lowest BCUT2D eigenvalue weighted by molar-refractivity contribution is -0.144. The number of methoxy groups -OCH3 is 3. The molecule has 7 heteroatoms. The molecule has 4 rings (SSSR count). The zero-order valence-electron chi connectivity index (χ0n) is 17.1. The Balaban J connectivity index is 1.97. The van der Waals surface area contributed by atoms with Crippen molar-refractivity contribution in [3.8, 4) is 39.9 Å². The molecule has 154 valence electrons. The van der Waals surface area contributed by atoms with E-state index in [1.54, 1.807) is 21.3 Å². The molecule has 0 saturated carbocycles. The smallest absolute Gasteiger partial charge is 0.309 e. The van der Waals surface area contributed by atoms with Crippen LogP contribution in [-0.2, 0) is 9.53 Å². The van der Waals surface area contributed by atoms with Gasteiger partial charge < -0.3 is 28.4 Å². The number of rotatable bonds is 5. The van der Waals surface area contributed by atoms with Gasteiger partial charge in [0.2, 0.25) is 12.5 Å². The van der Waals surface area contributed by atoms with Crippen LogP contribution in [0, 0.1) is 11.8 Å². The number of hydrogen-bond donors (Lipinski definition) is 0. The van der Waals surface area contributed by atoms with Crippen LogP contribution in [0.3, 0.4) is 0 Å². The maximum Gasteiger partial charge on any atom is 0.309 e. The molecule has 2 aliphatic rings. The maximum absolute atomic E-state index is 12.3. The van der Waals surface area contributed by atoms with E-state index in [1.807, 2.05) is 38.1 Å². The SMILES string of the molecule is COc1cc(C2OC(=O)C(C)C2C)c(-c2ccc3c(c2)OCO3)c(OC)c1OC. The molecule has 2 heterocycles. The second kappa shape index (κ2) is 7.39. The van der Waals surface area contributed by atoms with Crippen molar-refractivity contribution in [3.63, 3.8) is 0 Å². The molecule has 0 spiro atoms. The number of benzene rings is 2. The quantitative estimate of drug-likeness (QED) is 0.703. The monoisotopic (exact) mass is 400 g/mol. The molecule has 1 fully saturated rings. The number of cyclic esters (lactones) is 1. The normalized spacial score (nSPS) is 22.4. The molecule has 3 unspecified atom stereocenters. The second-order valence-electron chi connectivity index (χ2n) is 7.18. The molecular formula is C22H24O7. The topological polar surface area (TPSA) is 72.5 Å². The minimum atomic E-state index is -0.438. The lowest BCUT2D eigenvalue weighted by Crippen LogP contribution is -2.11. The number of esters is 1. The van der Waals surface area contributed by atoms with Crippen LogP contribution in [0.4, 0.5) is 0 Å². The van der Waals surface area contributed by atoms with E-state index < -0.39 is 6.10 Å². The van der Waals surface area contributed by atoms with Crippen LogP contribution < -0.4 is 23.7 Å². The van der Waals surface area contributed by atoms with Gasteiger partial charge in [0.05, 0.1) is 27.2 Å². The van der Waals surface area contributed by atoms with Crippen LogP contribution in [0.15, 0.2) is 24.3 Å². The number of hydrogen-bond acceptors (Lipinski definition) is 7. The Bertz CT molecular complexity index is 953. The summed E-state index contributed by atoms with van der Waals surface area (Å²) in [7, 11) is 4.70. The van der Waals surface area contributed by atoms with Crippen molar-refractivity contribution in [1.82, 2.24) is 0 Å². The Labute approximate surface area is 169 Å². The van der Waals surface area contributed by atoms with Crippen molar-refractivity contribution in [2.75, 3.05) is 28.1 Å². The van der Waals surface area contributed by atoms with E-state index in [1.165, 1.54) is 0 Å². The molecule has 2 aromatic rings. The summed E-state index contributed by atoms with van der Waals surface area (Å²) < 4.78 is 33.6. The van der Waals surface area contributed by atoms with E-state index in [2.05, 4.69) is 0 Å². The van der Waals surface area contributed by atoms with Crippen molar-refractivity contribution in [2.24, 2.45) is 11.8 Å². The minimum Gasteiger partial charge on any atom is -0.493 e. The molecule has 0 radical (unpaired) electrons. The van der Waals surface area contributed by atoms with E-state index in [-0.39, 0.29) is 24.6 Å². The van der Waals surface area contributed by atoms with Gasteiger partial charge in [0, 0.05) is 17.0 Å². The molecule has 0 aromatic heterocycles. The number of carbonyl (C=O) groups excluding carboxylic acids is 1. The van der Waals surface area contributed by atoms with Crippen molar-refractivity contribution < 1.29 is 33.2 Å². The third-order valence-corrected chi connectivity index (χ3v) is 5.71. The van der Waals surface area contributed by atoms with Gasteiger partial charge in [-0.15, -0.1) is 0 Å². The molecular weight excluding hydrogens is 376 g/mol. The Hall–Kier alpha value is -3.09. The van der Waals surface area contributed by atoms with Crippen molar-refractivity contribution in [3.05, 3.63) is 29.8 Å². The van der Waals surface area contributed by atoms with Gasteiger partial charge in [-0.3, -0.25) is 4.79 Å². The fourth-order valence-corrected chi connectivity index (χ4v) is 3.91. The summed E-state index contributed by atoms with van der Waals surface area (Å²) in [6, 6.07) is 7.52. The second-order valence-corrected chi connectivity index (χ2v) is 7.18. The summed E-state index contributed by atoms with van der Waals surface area (Å²) >= 11 is 0. The summed E-state index contributed by atoms with van der Waals surface area (Å²) in [4.78, 5) is 12.3. The average molecular weight is 400 g/mol. The first kappa shape index (κ1) is 19.2. The average Bonchev–Trinajstić information content (AvgIpc) is 3.31. The summed E-state index contributed by atoms with van der Waals surface area (Å²) in [6.07, 6.45) is -0.438. The Morgan fingerprint density at radius 1 is 0.931 bits per heavy atom. The molecule has 1 saturated heterocycles. The Morgan fingerprint density at radius 3 is 2.28 bits per heavy atom. The van der Waals surface area contributed by atoms with Gasteiger partial charge in [-0.2, -0.15) is 0 Å². The largest absolute Gasteiger partial charge is 0.493 e. The molecule has 7 nitrogen and oxygen atoms in total. The van der Waals surface area contributed by atoms with Crippen LogP contribution in [-0.4, -0.2) is 34.1 Å². The standard InChI is InChI=1S/C22H24O7/c1-11-12(2)22(23)29-19(11)14-9-17(24-3)20(25-4)21(26-5)18(14)13-6-7-15-16(8-13)28-10-27-15/h6-9,11-12,19H,10H2,1-5H3. The maximum atomic E-state index is 12.3. The highest BCUT2D eigenvalue weighted by molar-refractivity contribution is 5.83. The zero-order valence-corrected chi connectivity index (χ0v) is 17.1. The zero-order chi connectivity index (χ0) is 20.7. The highest BCUT2D eigenvalue weighted by atomic mass is 16.7. The molecule has 2 aliphatic heterocycles. The summed E-state index contributed by atoms with van der Waals surface area (Å²) in [5.41, 5.74) is 2.40. The highest BCUT2D eigenvalue weighted by Crippen LogP contribution is 2.53. The highest BCUT2D eigenvalue weighted by Gasteiger charge is 2.42. The molecule has 3 atom stereocenters. The molecule has 0 bridgehead atoms. The van der Waals surface area contributed by atoms with Crippen molar-refractivity contribution in [1.29, 1.82) is 0 Å². The van der Waals surface area contributed by atoms with Gasteiger partial charge in [0.15, 0.2) is 23.0 Å². The summed E-state index contributed by atoms with van der Waals surface area (Å²) in [5.74, 6) is 2.38. The van der Waals surface area contributed by atoms with E-state index in [0.29, 0.717) is 28.7 Å². The fourth-order valence-electron chi connectivity index (χ4n) is 3.91. The molecule has 0 aliphatic carbocycles. The van der Waals surface area contributed by atoms with Gasteiger partial charge in [-0.25, -0.2) is 0 Å². The van der Waals surface area contributed by atoms with Gasteiger partial charge in [0.1, 0.15) is 6.10 Å². The number of carbonyl (C=O) groups is 1.